The minimum Gasteiger partial charge on any atom is -0.289 e. The van der Waals surface area contributed by atoms with Crippen LogP contribution in [0.4, 0.5) is 13.2 Å². The first-order chi connectivity index (χ1) is 8.28. The minimum absolute atomic E-state index is 0.241. The molecule has 0 aromatic carbocycles. The van der Waals surface area contributed by atoms with Crippen LogP contribution in [0, 0.1) is 6.92 Å². The highest BCUT2D eigenvalue weighted by molar-refractivity contribution is 9.10. The maximum atomic E-state index is 12.4. The van der Waals surface area contributed by atoms with Crippen molar-refractivity contribution >= 4 is 15.9 Å². The van der Waals surface area contributed by atoms with Gasteiger partial charge < -0.3 is 0 Å². The van der Waals surface area contributed by atoms with E-state index in [1.54, 1.807) is 11.6 Å². The summed E-state index contributed by atoms with van der Waals surface area (Å²) in [6, 6.07) is 0. The van der Waals surface area contributed by atoms with Crippen molar-refractivity contribution in [3.63, 3.8) is 0 Å². The largest absolute Gasteiger partial charge is 0.401 e. The van der Waals surface area contributed by atoms with Gasteiger partial charge in [-0.2, -0.15) is 18.3 Å². The number of alkyl halides is 3. The Morgan fingerprint density at radius 2 is 1.94 bits per heavy atom. The van der Waals surface area contributed by atoms with Gasteiger partial charge in [-0.3, -0.25) is 9.58 Å². The normalized spacial score (nSPS) is 12.4. The summed E-state index contributed by atoms with van der Waals surface area (Å²) in [5.41, 5.74) is 1.59. The molecular weight excluding hydrogens is 311 g/mol. The summed E-state index contributed by atoms with van der Waals surface area (Å²) < 4.78 is 39.8. The molecular formula is C11H17BrF3N3. The SMILES string of the molecule is CCN(Cc1c(Br)c(C)nn1CC)CC(F)(F)F. The Morgan fingerprint density at radius 3 is 2.39 bits per heavy atom. The van der Waals surface area contributed by atoms with Gasteiger partial charge in [0.2, 0.25) is 0 Å². The summed E-state index contributed by atoms with van der Waals surface area (Å²) in [7, 11) is 0. The molecule has 0 bridgehead atoms. The Balaban J connectivity index is 2.88. The number of hydrogen-bond donors (Lipinski definition) is 0. The van der Waals surface area contributed by atoms with Crippen molar-refractivity contribution in [1.82, 2.24) is 14.7 Å². The van der Waals surface area contributed by atoms with E-state index in [0.717, 1.165) is 15.9 Å². The lowest BCUT2D eigenvalue weighted by atomic mass is 10.3. The maximum Gasteiger partial charge on any atom is 0.401 e. The zero-order chi connectivity index (χ0) is 13.9. The fraction of sp³-hybridized carbons (Fsp3) is 0.727. The van der Waals surface area contributed by atoms with Crippen molar-refractivity contribution in [2.24, 2.45) is 0 Å². The van der Waals surface area contributed by atoms with Crippen LogP contribution in [0.3, 0.4) is 0 Å². The predicted molar refractivity (Wildman–Crippen MR) is 67.3 cm³/mol. The lowest BCUT2D eigenvalue weighted by Gasteiger charge is -2.22. The molecule has 3 nitrogen and oxygen atoms in total. The average Bonchev–Trinajstić information content (AvgIpc) is 2.53. The van der Waals surface area contributed by atoms with Gasteiger partial charge >= 0.3 is 6.18 Å². The molecule has 1 aromatic rings. The highest BCUT2D eigenvalue weighted by Gasteiger charge is 2.30. The van der Waals surface area contributed by atoms with E-state index in [2.05, 4.69) is 21.0 Å². The molecule has 0 spiro atoms. The fourth-order valence-electron chi connectivity index (χ4n) is 1.76. The average molecular weight is 328 g/mol. The second-order valence-electron chi connectivity index (χ2n) is 4.08. The Kier molecular flexibility index (Phi) is 5.21. The smallest absolute Gasteiger partial charge is 0.289 e. The van der Waals surface area contributed by atoms with E-state index in [1.165, 1.54) is 4.90 Å². The number of aryl methyl sites for hydroxylation is 2. The Hall–Kier alpha value is -0.560. The molecule has 7 heteroatoms. The van der Waals surface area contributed by atoms with Gasteiger partial charge in [0.15, 0.2) is 0 Å². The van der Waals surface area contributed by atoms with Crippen molar-refractivity contribution in [1.29, 1.82) is 0 Å². The molecule has 1 aromatic heterocycles. The Bertz CT molecular complexity index is 401. The number of halogens is 4. The molecule has 0 aliphatic heterocycles. The summed E-state index contributed by atoms with van der Waals surface area (Å²) in [5.74, 6) is 0. The van der Waals surface area contributed by atoms with Crippen LogP contribution in [-0.2, 0) is 13.1 Å². The van der Waals surface area contributed by atoms with Gasteiger partial charge in [0, 0.05) is 13.1 Å². The first-order valence-corrected chi connectivity index (χ1v) is 6.58. The van der Waals surface area contributed by atoms with E-state index in [1.807, 2.05) is 13.8 Å². The van der Waals surface area contributed by atoms with Gasteiger partial charge in [-0.15, -0.1) is 0 Å². The molecule has 0 atom stereocenters. The van der Waals surface area contributed by atoms with E-state index < -0.39 is 12.7 Å². The predicted octanol–water partition coefficient (Wildman–Crippen LogP) is 3.36. The highest BCUT2D eigenvalue weighted by Crippen LogP contribution is 2.24. The summed E-state index contributed by atoms with van der Waals surface area (Å²) in [6.45, 7) is 5.81. The quantitative estimate of drug-likeness (QED) is 0.826. The van der Waals surface area contributed by atoms with Crippen LogP contribution in [0.1, 0.15) is 25.2 Å². The van der Waals surface area contributed by atoms with E-state index in [0.29, 0.717) is 13.1 Å². The fourth-order valence-corrected chi connectivity index (χ4v) is 2.17. The van der Waals surface area contributed by atoms with Crippen molar-refractivity contribution < 1.29 is 13.2 Å². The van der Waals surface area contributed by atoms with Gasteiger partial charge in [-0.1, -0.05) is 6.92 Å². The number of nitrogens with zero attached hydrogens (tertiary/aromatic N) is 3. The lowest BCUT2D eigenvalue weighted by Crippen LogP contribution is -2.34. The molecule has 104 valence electrons. The van der Waals surface area contributed by atoms with E-state index in [9.17, 15) is 13.2 Å². The molecule has 0 amide bonds. The topological polar surface area (TPSA) is 21.1 Å². The van der Waals surface area contributed by atoms with E-state index >= 15 is 0 Å². The number of aromatic nitrogens is 2. The summed E-state index contributed by atoms with van der Waals surface area (Å²) in [6.07, 6.45) is -4.17. The summed E-state index contributed by atoms with van der Waals surface area (Å²) >= 11 is 3.39. The van der Waals surface area contributed by atoms with Crippen LogP contribution in [0.5, 0.6) is 0 Å². The number of hydrogen-bond acceptors (Lipinski definition) is 2. The minimum atomic E-state index is -4.17. The molecule has 0 unspecified atom stereocenters. The van der Waals surface area contributed by atoms with E-state index in [-0.39, 0.29) is 6.54 Å². The zero-order valence-corrected chi connectivity index (χ0v) is 12.3. The van der Waals surface area contributed by atoms with Crippen LogP contribution in [0.15, 0.2) is 4.47 Å². The van der Waals surface area contributed by atoms with Crippen molar-refractivity contribution in [2.45, 2.75) is 40.0 Å². The maximum absolute atomic E-state index is 12.4. The van der Waals surface area contributed by atoms with Gasteiger partial charge in [-0.25, -0.2) is 0 Å². The third-order valence-corrected chi connectivity index (χ3v) is 3.71. The van der Waals surface area contributed by atoms with Crippen molar-refractivity contribution in [3.05, 3.63) is 15.9 Å². The molecule has 0 fully saturated rings. The molecule has 0 aliphatic rings. The molecule has 0 aliphatic carbocycles. The van der Waals surface area contributed by atoms with Crippen LogP contribution in [0.2, 0.25) is 0 Å². The third-order valence-electron chi connectivity index (χ3n) is 2.68. The van der Waals surface area contributed by atoms with Crippen molar-refractivity contribution in [2.75, 3.05) is 13.1 Å². The van der Waals surface area contributed by atoms with Gasteiger partial charge in [-0.05, 0) is 36.3 Å². The van der Waals surface area contributed by atoms with Crippen LogP contribution >= 0.6 is 15.9 Å². The van der Waals surface area contributed by atoms with Crippen LogP contribution in [-0.4, -0.2) is 33.9 Å². The number of rotatable bonds is 5. The third kappa shape index (κ3) is 3.98. The van der Waals surface area contributed by atoms with E-state index in [4.69, 9.17) is 0 Å². The highest BCUT2D eigenvalue weighted by atomic mass is 79.9. The van der Waals surface area contributed by atoms with Gasteiger partial charge in [0.1, 0.15) is 0 Å². The van der Waals surface area contributed by atoms with Gasteiger partial charge in [0.25, 0.3) is 0 Å². The summed E-state index contributed by atoms with van der Waals surface area (Å²) in [5, 5.41) is 4.27. The molecule has 0 radical (unpaired) electrons. The monoisotopic (exact) mass is 327 g/mol. The van der Waals surface area contributed by atoms with Crippen LogP contribution < -0.4 is 0 Å². The molecule has 18 heavy (non-hydrogen) atoms. The second-order valence-corrected chi connectivity index (χ2v) is 4.87. The molecule has 0 saturated carbocycles. The lowest BCUT2D eigenvalue weighted by molar-refractivity contribution is -0.146. The molecule has 1 rings (SSSR count). The second kappa shape index (κ2) is 6.06. The Morgan fingerprint density at radius 1 is 1.33 bits per heavy atom. The first-order valence-electron chi connectivity index (χ1n) is 5.79. The first kappa shape index (κ1) is 15.5. The zero-order valence-electron chi connectivity index (χ0n) is 10.7. The molecule has 1 heterocycles. The standard InChI is InChI=1S/C11H17BrF3N3/c1-4-17(7-11(13,14)15)6-9-10(12)8(3)16-18(9)5-2/h4-7H2,1-3H3. The summed E-state index contributed by atoms with van der Waals surface area (Å²) in [4.78, 5) is 1.35. The van der Waals surface area contributed by atoms with Crippen molar-refractivity contribution in [3.8, 4) is 0 Å². The Labute approximate surface area is 113 Å². The molecule has 0 N–H and O–H groups in total. The van der Waals surface area contributed by atoms with Gasteiger partial charge in [0.05, 0.1) is 22.4 Å². The van der Waals surface area contributed by atoms with Crippen LogP contribution in [0.25, 0.3) is 0 Å². The molecule has 0 saturated heterocycles.